The van der Waals surface area contributed by atoms with Crippen molar-refractivity contribution in [1.29, 1.82) is 5.26 Å². The number of carbonyl (C=O) groups excluding carboxylic acids is 1. The van der Waals surface area contributed by atoms with Crippen molar-refractivity contribution in [2.75, 3.05) is 0 Å². The number of nitrogens with zero attached hydrogens (tertiary/aromatic N) is 2. The molecule has 1 heterocycles. The smallest absolute Gasteiger partial charge is 0.240 e. The van der Waals surface area contributed by atoms with Gasteiger partial charge in [-0.1, -0.05) is 13.8 Å². The zero-order chi connectivity index (χ0) is 12.9. The molecule has 0 unspecified atom stereocenters. The molecule has 0 fully saturated rings. The molecule has 92 valence electrons. The van der Waals surface area contributed by atoms with E-state index >= 15 is 0 Å². The Bertz CT molecular complexity index is 429. The Hall–Kier alpha value is -1.41. The number of amides is 1. The van der Waals surface area contributed by atoms with Crippen LogP contribution in [0.5, 0.6) is 0 Å². The second-order valence-electron chi connectivity index (χ2n) is 3.94. The van der Waals surface area contributed by atoms with Crippen LogP contribution in [0, 0.1) is 23.7 Å². The van der Waals surface area contributed by atoms with Crippen LogP contribution < -0.4 is 5.32 Å². The monoisotopic (exact) mass is 251 g/mol. The van der Waals surface area contributed by atoms with Crippen LogP contribution in [0.1, 0.15) is 37.4 Å². The van der Waals surface area contributed by atoms with E-state index in [1.54, 1.807) is 11.3 Å². The lowest BCUT2D eigenvalue weighted by Gasteiger charge is -2.21. The summed E-state index contributed by atoms with van der Waals surface area (Å²) in [6.07, 6.45) is 1.06. The van der Waals surface area contributed by atoms with E-state index < -0.39 is 5.41 Å². The Morgan fingerprint density at radius 3 is 2.65 bits per heavy atom. The standard InChI is InChI=1S/C12H17N3OS/c1-4-12(5-2,8-13)11(16)14-6-10-7-17-9(3)15-10/h7H,4-6H2,1-3H3,(H,14,16). The Morgan fingerprint density at radius 1 is 1.59 bits per heavy atom. The van der Waals surface area contributed by atoms with Crippen LogP contribution in [0.25, 0.3) is 0 Å². The van der Waals surface area contributed by atoms with Crippen LogP contribution in [0.2, 0.25) is 0 Å². The Kier molecular flexibility index (Phi) is 4.64. The van der Waals surface area contributed by atoms with E-state index in [0.29, 0.717) is 19.4 Å². The maximum Gasteiger partial charge on any atom is 0.240 e. The van der Waals surface area contributed by atoms with Crippen LogP contribution in [-0.2, 0) is 11.3 Å². The minimum absolute atomic E-state index is 0.198. The molecule has 5 heteroatoms. The van der Waals surface area contributed by atoms with Gasteiger partial charge in [0.1, 0.15) is 5.41 Å². The fourth-order valence-corrected chi connectivity index (χ4v) is 2.22. The van der Waals surface area contributed by atoms with Crippen molar-refractivity contribution in [3.8, 4) is 6.07 Å². The van der Waals surface area contributed by atoms with Gasteiger partial charge in [0.2, 0.25) is 5.91 Å². The number of nitriles is 1. The molecule has 17 heavy (non-hydrogen) atoms. The maximum absolute atomic E-state index is 12.0. The van der Waals surface area contributed by atoms with E-state index in [-0.39, 0.29) is 5.91 Å². The second-order valence-corrected chi connectivity index (χ2v) is 5.00. The molecule has 4 nitrogen and oxygen atoms in total. The van der Waals surface area contributed by atoms with Crippen LogP contribution in [0.3, 0.4) is 0 Å². The fraction of sp³-hybridized carbons (Fsp3) is 0.583. The summed E-state index contributed by atoms with van der Waals surface area (Å²) in [5.74, 6) is -0.198. The molecule has 0 spiro atoms. The van der Waals surface area contributed by atoms with Gasteiger partial charge in [-0.05, 0) is 19.8 Å². The Morgan fingerprint density at radius 2 is 2.24 bits per heavy atom. The summed E-state index contributed by atoms with van der Waals surface area (Å²) in [5.41, 5.74) is -0.0506. The third-order valence-electron chi connectivity index (χ3n) is 2.95. The quantitative estimate of drug-likeness (QED) is 0.873. The van der Waals surface area contributed by atoms with Crippen LogP contribution in [0.15, 0.2) is 5.38 Å². The van der Waals surface area contributed by atoms with Gasteiger partial charge in [0.05, 0.1) is 23.3 Å². The highest BCUT2D eigenvalue weighted by Gasteiger charge is 2.34. The SMILES string of the molecule is CCC(C#N)(CC)C(=O)NCc1csc(C)n1. The first kappa shape index (κ1) is 13.7. The van der Waals surface area contributed by atoms with E-state index in [9.17, 15) is 4.79 Å². The van der Waals surface area contributed by atoms with E-state index in [0.717, 1.165) is 10.7 Å². The molecule has 0 saturated carbocycles. The number of hydrogen-bond donors (Lipinski definition) is 1. The highest BCUT2D eigenvalue weighted by molar-refractivity contribution is 7.09. The van der Waals surface area contributed by atoms with Crippen molar-refractivity contribution in [2.45, 2.75) is 40.2 Å². The van der Waals surface area contributed by atoms with Crippen molar-refractivity contribution >= 4 is 17.2 Å². The summed E-state index contributed by atoms with van der Waals surface area (Å²) in [5, 5.41) is 14.8. The molecular weight excluding hydrogens is 234 g/mol. The Balaban J connectivity index is 2.63. The molecule has 0 atom stereocenters. The molecule has 0 aromatic carbocycles. The van der Waals surface area contributed by atoms with Gasteiger partial charge in [0, 0.05) is 5.38 Å². The normalized spacial score (nSPS) is 10.9. The van der Waals surface area contributed by atoms with E-state index in [4.69, 9.17) is 5.26 Å². The lowest BCUT2D eigenvalue weighted by Crippen LogP contribution is -2.39. The number of thiazole rings is 1. The first-order valence-electron chi connectivity index (χ1n) is 5.68. The molecule has 1 aromatic rings. The summed E-state index contributed by atoms with van der Waals surface area (Å²) in [6, 6.07) is 2.13. The lowest BCUT2D eigenvalue weighted by molar-refractivity contribution is -0.128. The predicted molar refractivity (Wildman–Crippen MR) is 67.3 cm³/mol. The zero-order valence-corrected chi connectivity index (χ0v) is 11.2. The van der Waals surface area contributed by atoms with Crippen molar-refractivity contribution in [1.82, 2.24) is 10.3 Å². The second kappa shape index (κ2) is 5.78. The molecular formula is C12H17N3OS. The van der Waals surface area contributed by atoms with Crippen molar-refractivity contribution in [2.24, 2.45) is 5.41 Å². The summed E-state index contributed by atoms with van der Waals surface area (Å²) < 4.78 is 0. The van der Waals surface area contributed by atoms with Gasteiger partial charge in [-0.15, -0.1) is 11.3 Å². The average molecular weight is 251 g/mol. The minimum Gasteiger partial charge on any atom is -0.349 e. The number of aromatic nitrogens is 1. The average Bonchev–Trinajstić information content (AvgIpc) is 2.75. The van der Waals surface area contributed by atoms with Crippen LogP contribution >= 0.6 is 11.3 Å². The maximum atomic E-state index is 12.0. The van der Waals surface area contributed by atoms with Gasteiger partial charge in [0.15, 0.2) is 0 Å². The lowest BCUT2D eigenvalue weighted by atomic mass is 9.83. The molecule has 1 rings (SSSR count). The van der Waals surface area contributed by atoms with Gasteiger partial charge in [0.25, 0.3) is 0 Å². The molecule has 0 aliphatic heterocycles. The van der Waals surface area contributed by atoms with E-state index in [1.165, 1.54) is 0 Å². The van der Waals surface area contributed by atoms with Gasteiger partial charge < -0.3 is 5.32 Å². The third kappa shape index (κ3) is 3.04. The van der Waals surface area contributed by atoms with Gasteiger partial charge in [-0.3, -0.25) is 4.79 Å². The summed E-state index contributed by atoms with van der Waals surface area (Å²) in [6.45, 7) is 6.04. The molecule has 0 bridgehead atoms. The number of hydrogen-bond acceptors (Lipinski definition) is 4. The van der Waals surface area contributed by atoms with E-state index in [1.807, 2.05) is 26.2 Å². The van der Waals surface area contributed by atoms with Crippen molar-refractivity contribution < 1.29 is 4.79 Å². The molecule has 1 amide bonds. The van der Waals surface area contributed by atoms with Crippen molar-refractivity contribution in [3.05, 3.63) is 16.1 Å². The van der Waals surface area contributed by atoms with E-state index in [2.05, 4.69) is 16.4 Å². The van der Waals surface area contributed by atoms with Crippen LogP contribution in [0.4, 0.5) is 0 Å². The van der Waals surface area contributed by atoms with Gasteiger partial charge in [-0.25, -0.2) is 4.98 Å². The molecule has 1 aromatic heterocycles. The van der Waals surface area contributed by atoms with Crippen molar-refractivity contribution in [3.63, 3.8) is 0 Å². The number of rotatable bonds is 5. The first-order valence-corrected chi connectivity index (χ1v) is 6.56. The van der Waals surface area contributed by atoms with Crippen LogP contribution in [-0.4, -0.2) is 10.9 Å². The molecule has 1 N–H and O–H groups in total. The largest absolute Gasteiger partial charge is 0.349 e. The topological polar surface area (TPSA) is 65.8 Å². The minimum atomic E-state index is -0.898. The first-order chi connectivity index (χ1) is 8.07. The number of aryl methyl sites for hydroxylation is 1. The molecule has 0 saturated heterocycles. The number of nitrogens with one attached hydrogen (secondary N) is 1. The summed E-state index contributed by atoms with van der Waals surface area (Å²) in [7, 11) is 0. The fourth-order valence-electron chi connectivity index (χ4n) is 1.61. The summed E-state index contributed by atoms with van der Waals surface area (Å²) in [4.78, 5) is 16.2. The van der Waals surface area contributed by atoms with Gasteiger partial charge in [-0.2, -0.15) is 5.26 Å². The summed E-state index contributed by atoms with van der Waals surface area (Å²) >= 11 is 1.55. The molecule has 0 aliphatic rings. The molecule has 0 radical (unpaired) electrons. The highest BCUT2D eigenvalue weighted by atomic mass is 32.1. The predicted octanol–water partition coefficient (Wildman–Crippen LogP) is 2.40. The highest BCUT2D eigenvalue weighted by Crippen LogP contribution is 2.25. The third-order valence-corrected chi connectivity index (χ3v) is 3.77. The number of carbonyl (C=O) groups is 1. The Labute approximate surface area is 106 Å². The van der Waals surface area contributed by atoms with Gasteiger partial charge >= 0.3 is 0 Å². The molecule has 0 aliphatic carbocycles. The zero-order valence-electron chi connectivity index (χ0n) is 10.4.